The fourth-order valence-electron chi connectivity index (χ4n) is 0.678. The Balaban J connectivity index is 2.77. The van der Waals surface area contributed by atoms with Crippen molar-refractivity contribution in [1.29, 1.82) is 0 Å². The summed E-state index contributed by atoms with van der Waals surface area (Å²) in [5, 5.41) is -0.306. The first-order valence-corrected chi connectivity index (χ1v) is 6.21. The van der Waals surface area contributed by atoms with Crippen LogP contribution in [0.4, 0.5) is 0 Å². The second-order valence-electron chi connectivity index (χ2n) is 2.82. The van der Waals surface area contributed by atoms with Crippen LogP contribution in [-0.2, 0) is 15.6 Å². The molecule has 0 fully saturated rings. The lowest BCUT2D eigenvalue weighted by atomic mass is 10.6. The average Bonchev–Trinajstić information content (AvgIpc) is 2.38. The molecule has 0 aliphatic heterocycles. The van der Waals surface area contributed by atoms with Gasteiger partial charge in [0, 0.05) is 11.1 Å². The van der Waals surface area contributed by atoms with Crippen LogP contribution in [0.3, 0.4) is 0 Å². The van der Waals surface area contributed by atoms with E-state index in [1.807, 2.05) is 0 Å². The Morgan fingerprint density at radius 3 is 2.67 bits per heavy atom. The summed E-state index contributed by atoms with van der Waals surface area (Å²) in [4.78, 5) is 4.63. The Bertz CT molecular complexity index is 326. The lowest BCUT2D eigenvalue weighted by molar-refractivity contribution is 0.587. The molecule has 0 aliphatic carbocycles. The second-order valence-corrected chi connectivity index (χ2v) is 6.35. The van der Waals surface area contributed by atoms with Crippen LogP contribution in [0.15, 0.2) is 11.7 Å². The monoisotopic (exact) mass is 205 g/mol. The first kappa shape index (κ1) is 9.67. The van der Waals surface area contributed by atoms with E-state index in [0.717, 1.165) is 4.88 Å². The largest absolute Gasteiger partial charge is 0.253 e. The maximum absolute atomic E-state index is 11.4. The third-order valence-electron chi connectivity index (χ3n) is 1.55. The van der Waals surface area contributed by atoms with Crippen LogP contribution in [0.25, 0.3) is 0 Å². The summed E-state index contributed by atoms with van der Waals surface area (Å²) in [6, 6.07) is 0. The maximum atomic E-state index is 11.4. The van der Waals surface area contributed by atoms with Gasteiger partial charge in [-0.15, -0.1) is 11.3 Å². The molecule has 1 aromatic heterocycles. The van der Waals surface area contributed by atoms with Gasteiger partial charge >= 0.3 is 0 Å². The van der Waals surface area contributed by atoms with E-state index < -0.39 is 9.84 Å². The van der Waals surface area contributed by atoms with Crippen LogP contribution in [0.5, 0.6) is 0 Å². The second kappa shape index (κ2) is 3.53. The minimum absolute atomic E-state index is 0.120. The van der Waals surface area contributed by atoms with E-state index >= 15 is 0 Å². The molecule has 0 atom stereocenters. The molecule has 5 heteroatoms. The van der Waals surface area contributed by atoms with Gasteiger partial charge in [0.15, 0.2) is 9.84 Å². The third kappa shape index (κ3) is 2.28. The molecule has 0 spiro atoms. The van der Waals surface area contributed by atoms with Gasteiger partial charge in [-0.1, -0.05) is 0 Å². The number of thiazole rings is 1. The molecule has 0 saturated heterocycles. The molecule has 1 heterocycles. The first-order valence-electron chi connectivity index (χ1n) is 3.61. The average molecular weight is 205 g/mol. The first-order chi connectivity index (χ1) is 5.52. The van der Waals surface area contributed by atoms with Gasteiger partial charge in [0.25, 0.3) is 0 Å². The minimum atomic E-state index is -2.95. The zero-order valence-corrected chi connectivity index (χ0v) is 8.65. The van der Waals surface area contributed by atoms with Crippen LogP contribution in [0, 0.1) is 0 Å². The van der Waals surface area contributed by atoms with Crippen LogP contribution >= 0.6 is 11.3 Å². The molecule has 1 rings (SSSR count). The summed E-state index contributed by atoms with van der Waals surface area (Å²) in [6.45, 7) is 3.38. The van der Waals surface area contributed by atoms with E-state index in [2.05, 4.69) is 4.98 Å². The van der Waals surface area contributed by atoms with Crippen molar-refractivity contribution in [2.24, 2.45) is 0 Å². The van der Waals surface area contributed by atoms with Crippen molar-refractivity contribution in [3.05, 3.63) is 16.6 Å². The Morgan fingerprint density at radius 2 is 2.25 bits per heavy atom. The smallest absolute Gasteiger partial charge is 0.157 e. The number of hydrogen-bond acceptors (Lipinski definition) is 4. The van der Waals surface area contributed by atoms with Crippen molar-refractivity contribution in [3.63, 3.8) is 0 Å². The van der Waals surface area contributed by atoms with E-state index in [0.29, 0.717) is 0 Å². The summed E-state index contributed by atoms with van der Waals surface area (Å²) < 4.78 is 22.8. The predicted molar refractivity (Wildman–Crippen MR) is 49.9 cm³/mol. The van der Waals surface area contributed by atoms with Crippen LogP contribution < -0.4 is 0 Å². The summed E-state index contributed by atoms with van der Waals surface area (Å²) in [5.41, 5.74) is 1.64. The van der Waals surface area contributed by atoms with Gasteiger partial charge in [-0.2, -0.15) is 0 Å². The van der Waals surface area contributed by atoms with E-state index in [1.54, 1.807) is 25.6 Å². The summed E-state index contributed by atoms with van der Waals surface area (Å²) in [6.07, 6.45) is 1.60. The van der Waals surface area contributed by atoms with Gasteiger partial charge < -0.3 is 0 Å². The molecule has 0 aliphatic rings. The molecule has 3 nitrogen and oxygen atoms in total. The zero-order chi connectivity index (χ0) is 9.19. The Hall–Kier alpha value is -0.420. The summed E-state index contributed by atoms with van der Waals surface area (Å²) >= 11 is 1.38. The summed E-state index contributed by atoms with van der Waals surface area (Å²) in [7, 11) is -2.95. The molecule has 0 saturated carbocycles. The molecule has 0 unspecified atom stereocenters. The standard InChI is InChI=1S/C7H11NO2S2/c1-6(2)12(9,10)4-7-3-8-5-11-7/h3,5-6H,4H2,1-2H3. The highest BCUT2D eigenvalue weighted by atomic mass is 32.2. The number of sulfone groups is 1. The lowest BCUT2D eigenvalue weighted by Crippen LogP contribution is -2.15. The SMILES string of the molecule is CC(C)S(=O)(=O)Cc1cncs1. The van der Waals surface area contributed by atoms with Crippen molar-refractivity contribution in [1.82, 2.24) is 4.98 Å². The number of rotatable bonds is 3. The van der Waals surface area contributed by atoms with Crippen LogP contribution in [0.2, 0.25) is 0 Å². The van der Waals surface area contributed by atoms with Gasteiger partial charge in [0.2, 0.25) is 0 Å². The number of hydrogen-bond donors (Lipinski definition) is 0. The maximum Gasteiger partial charge on any atom is 0.157 e. The molecular formula is C7H11NO2S2. The van der Waals surface area contributed by atoms with Gasteiger partial charge in [-0.05, 0) is 13.8 Å². The number of aromatic nitrogens is 1. The molecule has 1 aromatic rings. The van der Waals surface area contributed by atoms with E-state index in [4.69, 9.17) is 0 Å². The molecule has 0 amide bonds. The summed E-state index contributed by atoms with van der Waals surface area (Å²) in [5.74, 6) is 0.120. The fourth-order valence-corrected chi connectivity index (χ4v) is 2.63. The molecule has 0 aromatic carbocycles. The molecule has 0 radical (unpaired) electrons. The molecule has 68 valence electrons. The topological polar surface area (TPSA) is 47.0 Å². The highest BCUT2D eigenvalue weighted by molar-refractivity contribution is 7.91. The zero-order valence-electron chi connectivity index (χ0n) is 7.02. The van der Waals surface area contributed by atoms with Crippen LogP contribution in [-0.4, -0.2) is 18.7 Å². The fraction of sp³-hybridized carbons (Fsp3) is 0.571. The van der Waals surface area contributed by atoms with Crippen molar-refractivity contribution in [2.75, 3.05) is 0 Å². The van der Waals surface area contributed by atoms with Gasteiger partial charge in [-0.3, -0.25) is 4.98 Å². The third-order valence-corrected chi connectivity index (χ3v) is 4.66. The van der Waals surface area contributed by atoms with Gasteiger partial charge in [0.05, 0.1) is 16.5 Å². The lowest BCUT2D eigenvalue weighted by Gasteiger charge is -2.04. The Kier molecular flexibility index (Phi) is 2.85. The van der Waals surface area contributed by atoms with E-state index in [1.165, 1.54) is 11.3 Å². The van der Waals surface area contributed by atoms with Crippen molar-refractivity contribution >= 4 is 21.2 Å². The van der Waals surface area contributed by atoms with Crippen LogP contribution in [0.1, 0.15) is 18.7 Å². The predicted octanol–water partition coefficient (Wildman–Crippen LogP) is 1.47. The normalized spacial score (nSPS) is 12.2. The van der Waals surface area contributed by atoms with Gasteiger partial charge in [0.1, 0.15) is 0 Å². The highest BCUT2D eigenvalue weighted by Crippen LogP contribution is 2.13. The number of nitrogens with zero attached hydrogens (tertiary/aromatic N) is 1. The Morgan fingerprint density at radius 1 is 1.58 bits per heavy atom. The van der Waals surface area contributed by atoms with E-state index in [-0.39, 0.29) is 11.0 Å². The van der Waals surface area contributed by atoms with Crippen molar-refractivity contribution in [2.45, 2.75) is 24.9 Å². The molecular weight excluding hydrogens is 194 g/mol. The highest BCUT2D eigenvalue weighted by Gasteiger charge is 2.17. The Labute approximate surface area is 76.4 Å². The quantitative estimate of drug-likeness (QED) is 0.750. The minimum Gasteiger partial charge on any atom is -0.253 e. The molecule has 0 bridgehead atoms. The molecule has 0 N–H and O–H groups in total. The van der Waals surface area contributed by atoms with Crippen molar-refractivity contribution in [3.8, 4) is 0 Å². The molecule has 12 heavy (non-hydrogen) atoms. The van der Waals surface area contributed by atoms with Gasteiger partial charge in [-0.25, -0.2) is 8.42 Å². The van der Waals surface area contributed by atoms with E-state index in [9.17, 15) is 8.42 Å². The van der Waals surface area contributed by atoms with Crippen molar-refractivity contribution < 1.29 is 8.42 Å².